The number of aryl methyl sites for hydroxylation is 2. The molecule has 1 fully saturated rings. The predicted octanol–water partition coefficient (Wildman–Crippen LogP) is 2.83. The summed E-state index contributed by atoms with van der Waals surface area (Å²) in [6, 6.07) is 11.1. The molecule has 0 aliphatic carbocycles. The minimum absolute atomic E-state index is 0.185. The minimum Gasteiger partial charge on any atom is -0.496 e. The molecule has 168 valence electrons. The molecule has 8 nitrogen and oxygen atoms in total. The molecule has 2 aromatic carbocycles. The van der Waals surface area contributed by atoms with E-state index in [0.29, 0.717) is 18.5 Å². The first-order chi connectivity index (χ1) is 15.9. The van der Waals surface area contributed by atoms with Crippen molar-refractivity contribution in [3.8, 4) is 28.3 Å². The third-order valence-electron chi connectivity index (χ3n) is 6.42. The summed E-state index contributed by atoms with van der Waals surface area (Å²) in [6.45, 7) is 2.33. The quantitative estimate of drug-likeness (QED) is 0.625. The third-order valence-corrected chi connectivity index (χ3v) is 6.42. The van der Waals surface area contributed by atoms with Gasteiger partial charge in [-0.2, -0.15) is 0 Å². The second-order valence-corrected chi connectivity index (χ2v) is 8.51. The van der Waals surface area contributed by atoms with Crippen LogP contribution in [0.5, 0.6) is 5.75 Å². The molecule has 1 aromatic heterocycles. The number of fused-ring (bicyclic) bond motifs is 1. The fourth-order valence-electron chi connectivity index (χ4n) is 4.67. The van der Waals surface area contributed by atoms with Gasteiger partial charge in [-0.25, -0.2) is 4.98 Å². The number of nitrogens with one attached hydrogen (secondary N) is 1. The van der Waals surface area contributed by atoms with Gasteiger partial charge in [0.05, 0.1) is 24.8 Å². The number of hydrogen-bond acceptors (Lipinski definition) is 5. The van der Waals surface area contributed by atoms with E-state index in [1.165, 1.54) is 0 Å². The molecule has 3 aromatic rings. The largest absolute Gasteiger partial charge is 0.496 e. The lowest BCUT2D eigenvalue weighted by Crippen LogP contribution is -2.52. The maximum absolute atomic E-state index is 13.0. The molecule has 2 aliphatic rings. The van der Waals surface area contributed by atoms with Crippen LogP contribution in [0.2, 0.25) is 0 Å². The molecule has 1 atom stereocenters. The van der Waals surface area contributed by atoms with Crippen LogP contribution in [0, 0.1) is 6.92 Å². The molecular weight excluding hydrogens is 420 g/mol. The van der Waals surface area contributed by atoms with E-state index < -0.39 is 11.9 Å². The fraction of sp³-hybridized carbons (Fsp3) is 0.280. The molecule has 1 saturated heterocycles. The van der Waals surface area contributed by atoms with Gasteiger partial charge in [0.25, 0.3) is 5.91 Å². The van der Waals surface area contributed by atoms with Gasteiger partial charge in [-0.05, 0) is 42.7 Å². The highest BCUT2D eigenvalue weighted by Crippen LogP contribution is 2.36. The lowest BCUT2D eigenvalue weighted by Gasteiger charge is -2.29. The van der Waals surface area contributed by atoms with E-state index in [-0.39, 0.29) is 18.2 Å². The summed E-state index contributed by atoms with van der Waals surface area (Å²) in [5, 5.41) is 2.34. The van der Waals surface area contributed by atoms with Crippen molar-refractivity contribution in [3.05, 3.63) is 59.4 Å². The van der Waals surface area contributed by atoms with Crippen LogP contribution in [0.1, 0.15) is 34.3 Å². The van der Waals surface area contributed by atoms with E-state index in [1.807, 2.05) is 48.9 Å². The average molecular weight is 444 g/mol. The number of imidazole rings is 1. The van der Waals surface area contributed by atoms with E-state index >= 15 is 0 Å². The third kappa shape index (κ3) is 3.47. The van der Waals surface area contributed by atoms with Crippen molar-refractivity contribution in [3.63, 3.8) is 0 Å². The summed E-state index contributed by atoms with van der Waals surface area (Å²) >= 11 is 0. The number of carbonyl (C=O) groups excluding carboxylic acids is 3. The first-order valence-electron chi connectivity index (χ1n) is 10.8. The highest BCUT2D eigenvalue weighted by atomic mass is 16.5. The SMILES string of the molecule is COc1cc(-c2c(-c3ccc4c(c3)CN(C3CCC(=O)NC3=O)C4=O)ncn2C)ccc1C. The van der Waals surface area contributed by atoms with Crippen molar-refractivity contribution in [2.45, 2.75) is 32.4 Å². The summed E-state index contributed by atoms with van der Waals surface area (Å²) < 4.78 is 7.47. The van der Waals surface area contributed by atoms with Gasteiger partial charge in [0.2, 0.25) is 11.8 Å². The van der Waals surface area contributed by atoms with Crippen LogP contribution in [0.15, 0.2) is 42.7 Å². The zero-order valence-electron chi connectivity index (χ0n) is 18.7. The molecule has 3 amide bonds. The van der Waals surface area contributed by atoms with Gasteiger partial charge in [-0.15, -0.1) is 0 Å². The number of hydrogen-bond donors (Lipinski definition) is 1. The van der Waals surface area contributed by atoms with Crippen molar-refractivity contribution in [2.75, 3.05) is 7.11 Å². The van der Waals surface area contributed by atoms with Crippen LogP contribution in [0.3, 0.4) is 0 Å². The van der Waals surface area contributed by atoms with Gasteiger partial charge in [-0.3, -0.25) is 19.7 Å². The van der Waals surface area contributed by atoms with Gasteiger partial charge < -0.3 is 14.2 Å². The topological polar surface area (TPSA) is 93.5 Å². The number of ether oxygens (including phenoxy) is 1. The van der Waals surface area contributed by atoms with Crippen LogP contribution in [-0.2, 0) is 23.2 Å². The number of carbonyl (C=O) groups is 3. The van der Waals surface area contributed by atoms with Crippen molar-refractivity contribution < 1.29 is 19.1 Å². The van der Waals surface area contributed by atoms with Crippen molar-refractivity contribution in [2.24, 2.45) is 7.05 Å². The lowest BCUT2D eigenvalue weighted by molar-refractivity contribution is -0.136. The second-order valence-electron chi connectivity index (χ2n) is 8.51. The van der Waals surface area contributed by atoms with Crippen molar-refractivity contribution in [1.29, 1.82) is 0 Å². The number of methoxy groups -OCH3 is 1. The molecule has 8 heteroatoms. The van der Waals surface area contributed by atoms with Crippen LogP contribution in [0.4, 0.5) is 0 Å². The van der Waals surface area contributed by atoms with Gasteiger partial charge in [0.15, 0.2) is 0 Å². The molecular formula is C25H24N4O4. The van der Waals surface area contributed by atoms with E-state index in [9.17, 15) is 14.4 Å². The first kappa shape index (κ1) is 20.9. The zero-order chi connectivity index (χ0) is 23.3. The second kappa shape index (κ2) is 7.88. The number of amides is 3. The molecule has 0 bridgehead atoms. The Balaban J connectivity index is 1.50. The van der Waals surface area contributed by atoms with E-state index in [2.05, 4.69) is 10.3 Å². The highest BCUT2D eigenvalue weighted by molar-refractivity contribution is 6.05. The van der Waals surface area contributed by atoms with E-state index in [0.717, 1.165) is 39.4 Å². The van der Waals surface area contributed by atoms with Gasteiger partial charge in [-0.1, -0.05) is 18.2 Å². The normalized spacial score (nSPS) is 17.8. The Morgan fingerprint density at radius 1 is 1.09 bits per heavy atom. The molecule has 0 radical (unpaired) electrons. The molecule has 33 heavy (non-hydrogen) atoms. The first-order valence-corrected chi connectivity index (χ1v) is 10.8. The zero-order valence-corrected chi connectivity index (χ0v) is 18.7. The summed E-state index contributed by atoms with van der Waals surface area (Å²) in [5.74, 6) is -0.0827. The van der Waals surface area contributed by atoms with Crippen molar-refractivity contribution >= 4 is 17.7 Å². The Labute approximate surface area is 191 Å². The number of benzene rings is 2. The molecule has 0 spiro atoms. The lowest BCUT2D eigenvalue weighted by atomic mass is 10.00. The maximum Gasteiger partial charge on any atom is 0.255 e. The Bertz CT molecular complexity index is 1310. The van der Waals surface area contributed by atoms with E-state index in [1.54, 1.807) is 24.4 Å². The molecule has 2 aliphatic heterocycles. The predicted molar refractivity (Wildman–Crippen MR) is 121 cm³/mol. The van der Waals surface area contributed by atoms with Crippen LogP contribution >= 0.6 is 0 Å². The summed E-state index contributed by atoms with van der Waals surface area (Å²) in [4.78, 5) is 43.0. The summed E-state index contributed by atoms with van der Waals surface area (Å²) in [5.41, 5.74) is 6.10. The number of rotatable bonds is 4. The maximum atomic E-state index is 13.0. The number of piperidine rings is 1. The average Bonchev–Trinajstić information content (AvgIpc) is 3.34. The fourth-order valence-corrected chi connectivity index (χ4v) is 4.67. The van der Waals surface area contributed by atoms with Crippen molar-refractivity contribution in [1.82, 2.24) is 19.8 Å². The van der Waals surface area contributed by atoms with Crippen LogP contribution in [0.25, 0.3) is 22.5 Å². The molecule has 1 unspecified atom stereocenters. The minimum atomic E-state index is -0.628. The number of aromatic nitrogens is 2. The molecule has 5 rings (SSSR count). The Morgan fingerprint density at radius 2 is 1.88 bits per heavy atom. The van der Waals surface area contributed by atoms with Gasteiger partial charge in [0.1, 0.15) is 11.8 Å². The molecule has 1 N–H and O–H groups in total. The van der Waals surface area contributed by atoms with Crippen LogP contribution < -0.4 is 10.1 Å². The standard InChI is InChI=1S/C25H24N4O4/c1-14-4-5-16(11-20(14)33-3)23-22(26-13-28(23)2)15-6-7-18-17(10-15)12-29(25(18)32)19-8-9-21(30)27-24(19)31/h4-7,10-11,13,19H,8-9,12H2,1-3H3,(H,27,30,31). The monoisotopic (exact) mass is 444 g/mol. The number of nitrogens with zero attached hydrogens (tertiary/aromatic N) is 3. The number of imide groups is 1. The Kier molecular flexibility index (Phi) is 5.00. The van der Waals surface area contributed by atoms with Gasteiger partial charge in [0, 0.05) is 36.7 Å². The Hall–Kier alpha value is -3.94. The van der Waals surface area contributed by atoms with Gasteiger partial charge >= 0.3 is 0 Å². The summed E-state index contributed by atoms with van der Waals surface area (Å²) in [6.07, 6.45) is 2.35. The highest BCUT2D eigenvalue weighted by Gasteiger charge is 2.39. The molecule has 3 heterocycles. The summed E-state index contributed by atoms with van der Waals surface area (Å²) in [7, 11) is 3.60. The van der Waals surface area contributed by atoms with E-state index in [4.69, 9.17) is 4.74 Å². The van der Waals surface area contributed by atoms with Crippen LogP contribution in [-0.4, -0.2) is 45.3 Å². The Morgan fingerprint density at radius 3 is 2.64 bits per heavy atom. The smallest absolute Gasteiger partial charge is 0.255 e. The molecule has 0 saturated carbocycles.